The number of hydrogen-bond donors (Lipinski definition) is 0. The lowest BCUT2D eigenvalue weighted by Crippen LogP contribution is -2.40. The van der Waals surface area contributed by atoms with Gasteiger partial charge in [0.05, 0.1) is 6.54 Å². The van der Waals surface area contributed by atoms with Gasteiger partial charge in [0.25, 0.3) is 5.56 Å². The van der Waals surface area contributed by atoms with Crippen LogP contribution in [0.25, 0.3) is 11.2 Å². The van der Waals surface area contributed by atoms with Crippen LogP contribution in [0, 0.1) is 19.8 Å². The van der Waals surface area contributed by atoms with Crippen LogP contribution in [-0.2, 0) is 20.1 Å². The Balaban J connectivity index is 1.73. The number of aromatic nitrogens is 4. The lowest BCUT2D eigenvalue weighted by Gasteiger charge is -2.33. The summed E-state index contributed by atoms with van der Waals surface area (Å²) in [5.41, 5.74) is 4.55. The molecule has 0 bridgehead atoms. The molecule has 4 aromatic rings. The van der Waals surface area contributed by atoms with Crippen LogP contribution in [0.2, 0.25) is 0 Å². The lowest BCUT2D eigenvalue weighted by atomic mass is 10.1. The van der Waals surface area contributed by atoms with Crippen molar-refractivity contribution in [3.63, 3.8) is 0 Å². The number of imidazole rings is 1. The highest BCUT2D eigenvalue weighted by Crippen LogP contribution is 2.34. The molecule has 0 saturated heterocycles. The van der Waals surface area contributed by atoms with Crippen molar-refractivity contribution in [3.05, 3.63) is 86.1 Å². The summed E-state index contributed by atoms with van der Waals surface area (Å²) in [6.07, 6.45) is 0. The first-order valence-electron chi connectivity index (χ1n) is 10.9. The molecule has 0 N–H and O–H groups in total. The minimum absolute atomic E-state index is 0.235. The minimum atomic E-state index is -0.353. The highest BCUT2D eigenvalue weighted by Gasteiger charge is 2.30. The predicted octanol–water partition coefficient (Wildman–Crippen LogP) is 3.35. The maximum Gasteiger partial charge on any atom is 0.332 e. The van der Waals surface area contributed by atoms with Gasteiger partial charge in [-0.15, -0.1) is 0 Å². The second-order valence-electron chi connectivity index (χ2n) is 8.92. The molecule has 32 heavy (non-hydrogen) atoms. The maximum absolute atomic E-state index is 13.6. The number of nitrogens with zero attached hydrogens (tertiary/aromatic N) is 5. The van der Waals surface area contributed by atoms with Crippen molar-refractivity contribution in [2.75, 3.05) is 11.4 Å². The molecule has 7 nitrogen and oxygen atoms in total. The summed E-state index contributed by atoms with van der Waals surface area (Å²) < 4.78 is 4.81. The molecule has 7 heteroatoms. The summed E-state index contributed by atoms with van der Waals surface area (Å²) in [5, 5.41) is 0. The van der Waals surface area contributed by atoms with Gasteiger partial charge in [0, 0.05) is 25.8 Å². The average Bonchev–Trinajstić information content (AvgIpc) is 3.16. The summed E-state index contributed by atoms with van der Waals surface area (Å²) in [4.78, 5) is 33.7. The number of hydrogen-bond acceptors (Lipinski definition) is 4. The number of fused-ring (bicyclic) bond motifs is 3. The van der Waals surface area contributed by atoms with Crippen LogP contribution in [-0.4, -0.2) is 25.2 Å². The molecule has 1 aliphatic heterocycles. The van der Waals surface area contributed by atoms with E-state index in [2.05, 4.69) is 30.9 Å². The Bertz CT molecular complexity index is 1440. The minimum Gasteiger partial charge on any atom is -0.311 e. The van der Waals surface area contributed by atoms with E-state index in [1.165, 1.54) is 9.13 Å². The van der Waals surface area contributed by atoms with E-state index in [9.17, 15) is 9.59 Å². The van der Waals surface area contributed by atoms with Crippen LogP contribution < -0.4 is 16.1 Å². The fraction of sp³-hybridized carbons (Fsp3) is 0.320. The van der Waals surface area contributed by atoms with Gasteiger partial charge in [-0.3, -0.25) is 13.9 Å². The quantitative estimate of drug-likeness (QED) is 0.501. The fourth-order valence-electron chi connectivity index (χ4n) is 4.59. The first-order chi connectivity index (χ1) is 15.3. The third-order valence-electron chi connectivity index (χ3n) is 6.31. The Labute approximate surface area is 186 Å². The number of anilines is 2. The number of aryl methyl sites for hydroxylation is 3. The van der Waals surface area contributed by atoms with Crippen LogP contribution >= 0.6 is 0 Å². The van der Waals surface area contributed by atoms with Gasteiger partial charge in [0.1, 0.15) is 0 Å². The lowest BCUT2D eigenvalue weighted by molar-refractivity contribution is 0.457. The monoisotopic (exact) mass is 429 g/mol. The van der Waals surface area contributed by atoms with E-state index in [1.807, 2.05) is 47.9 Å². The summed E-state index contributed by atoms with van der Waals surface area (Å²) in [6.45, 7) is 7.99. The predicted molar refractivity (Wildman–Crippen MR) is 127 cm³/mol. The van der Waals surface area contributed by atoms with Gasteiger partial charge >= 0.3 is 5.69 Å². The van der Waals surface area contributed by atoms with Gasteiger partial charge in [-0.2, -0.15) is 4.98 Å². The Morgan fingerprint density at radius 1 is 1.00 bits per heavy atom. The van der Waals surface area contributed by atoms with Crippen LogP contribution in [0.3, 0.4) is 0 Å². The van der Waals surface area contributed by atoms with Gasteiger partial charge in [-0.25, -0.2) is 4.79 Å². The maximum atomic E-state index is 13.6. The fourth-order valence-corrected chi connectivity index (χ4v) is 4.59. The smallest absolute Gasteiger partial charge is 0.311 e. The summed E-state index contributed by atoms with van der Waals surface area (Å²) in [6, 6.07) is 16.1. The SMILES string of the molecule is Cc1ccc(Cn2c(=O)c3c(nc4n3C[C@H](C)CN4c3ccccc3C)n(C)c2=O)cc1. The third-order valence-corrected chi connectivity index (χ3v) is 6.31. The molecule has 164 valence electrons. The molecule has 2 aromatic heterocycles. The summed E-state index contributed by atoms with van der Waals surface area (Å²) >= 11 is 0. The molecule has 3 heterocycles. The molecule has 0 fully saturated rings. The van der Waals surface area contributed by atoms with Crippen LogP contribution in [0.5, 0.6) is 0 Å². The standard InChI is InChI=1S/C25H27N5O2/c1-16-9-11-19(12-10-16)15-30-23(31)21-22(27(4)25(30)32)26-24-28(13-17(2)14-29(21)24)20-8-6-5-7-18(20)3/h5-12,17H,13-15H2,1-4H3/t17-/m1/s1. The Morgan fingerprint density at radius 2 is 1.72 bits per heavy atom. The second-order valence-corrected chi connectivity index (χ2v) is 8.92. The van der Waals surface area contributed by atoms with Gasteiger partial charge in [-0.1, -0.05) is 55.0 Å². The molecule has 0 saturated carbocycles. The van der Waals surface area contributed by atoms with Gasteiger partial charge in [0.2, 0.25) is 5.95 Å². The molecule has 5 rings (SSSR count). The van der Waals surface area contributed by atoms with E-state index in [0.717, 1.165) is 28.9 Å². The molecule has 0 radical (unpaired) electrons. The molecule has 2 aromatic carbocycles. The zero-order valence-electron chi connectivity index (χ0n) is 18.9. The normalized spacial score (nSPS) is 15.9. The van der Waals surface area contributed by atoms with Crippen LogP contribution in [0.1, 0.15) is 23.6 Å². The third kappa shape index (κ3) is 3.16. The van der Waals surface area contributed by atoms with E-state index < -0.39 is 0 Å². The Kier molecular flexibility index (Phi) is 4.77. The first kappa shape index (κ1) is 20.3. The van der Waals surface area contributed by atoms with E-state index in [0.29, 0.717) is 29.6 Å². The highest BCUT2D eigenvalue weighted by atomic mass is 16.2. The molecular weight excluding hydrogens is 402 g/mol. The van der Waals surface area contributed by atoms with Crippen molar-refractivity contribution in [1.29, 1.82) is 0 Å². The van der Waals surface area contributed by atoms with Crippen molar-refractivity contribution in [1.82, 2.24) is 18.7 Å². The highest BCUT2D eigenvalue weighted by molar-refractivity contribution is 5.77. The average molecular weight is 430 g/mol. The van der Waals surface area contributed by atoms with Crippen molar-refractivity contribution < 1.29 is 0 Å². The van der Waals surface area contributed by atoms with E-state index in [4.69, 9.17) is 4.98 Å². The molecule has 0 aliphatic carbocycles. The molecule has 0 spiro atoms. The first-order valence-corrected chi connectivity index (χ1v) is 10.9. The zero-order valence-corrected chi connectivity index (χ0v) is 18.9. The zero-order chi connectivity index (χ0) is 22.6. The van der Waals surface area contributed by atoms with Gasteiger partial charge in [-0.05, 0) is 37.0 Å². The molecule has 1 aliphatic rings. The summed E-state index contributed by atoms with van der Waals surface area (Å²) in [7, 11) is 1.69. The number of rotatable bonds is 3. The van der Waals surface area contributed by atoms with Crippen molar-refractivity contribution in [2.45, 2.75) is 33.9 Å². The van der Waals surface area contributed by atoms with Gasteiger partial charge in [0.15, 0.2) is 11.2 Å². The van der Waals surface area contributed by atoms with Crippen molar-refractivity contribution in [2.24, 2.45) is 13.0 Å². The number of para-hydroxylation sites is 1. The molecule has 0 amide bonds. The molecule has 0 unspecified atom stereocenters. The molecular formula is C25H27N5O2. The molecule has 1 atom stereocenters. The topological polar surface area (TPSA) is 65.1 Å². The van der Waals surface area contributed by atoms with Crippen molar-refractivity contribution in [3.8, 4) is 0 Å². The van der Waals surface area contributed by atoms with E-state index in [1.54, 1.807) is 7.05 Å². The Morgan fingerprint density at radius 3 is 2.44 bits per heavy atom. The van der Waals surface area contributed by atoms with Crippen LogP contribution in [0.4, 0.5) is 11.6 Å². The second kappa shape index (κ2) is 7.51. The number of benzene rings is 2. The van der Waals surface area contributed by atoms with Crippen molar-refractivity contribution >= 4 is 22.8 Å². The summed E-state index contributed by atoms with van der Waals surface area (Å²) in [5.74, 6) is 1.04. The van der Waals surface area contributed by atoms with E-state index in [-0.39, 0.29) is 17.8 Å². The largest absolute Gasteiger partial charge is 0.332 e. The Hall–Kier alpha value is -3.61. The van der Waals surface area contributed by atoms with Crippen LogP contribution in [0.15, 0.2) is 58.1 Å². The van der Waals surface area contributed by atoms with Gasteiger partial charge < -0.3 is 9.47 Å². The van der Waals surface area contributed by atoms with E-state index >= 15 is 0 Å².